The van der Waals surface area contributed by atoms with E-state index >= 15 is 0 Å². The van der Waals surface area contributed by atoms with E-state index in [0.29, 0.717) is 29.0 Å². The van der Waals surface area contributed by atoms with Gasteiger partial charge in [-0.1, -0.05) is 87.0 Å². The quantitative estimate of drug-likeness (QED) is 0.371. The van der Waals surface area contributed by atoms with E-state index in [1.807, 2.05) is 83.2 Å². The molecule has 0 radical (unpaired) electrons. The first kappa shape index (κ1) is 25.3. The van der Waals surface area contributed by atoms with Crippen LogP contribution < -0.4 is 9.64 Å². The molecule has 3 aromatic rings. The van der Waals surface area contributed by atoms with Gasteiger partial charge < -0.3 is 9.64 Å². The maximum Gasteiger partial charge on any atom is 0.180 e. The Balaban J connectivity index is 1.72. The molecular formula is C34H33NO4. The molecule has 1 spiro atoms. The van der Waals surface area contributed by atoms with Gasteiger partial charge >= 0.3 is 0 Å². The van der Waals surface area contributed by atoms with Crippen molar-refractivity contribution in [1.29, 1.82) is 0 Å². The van der Waals surface area contributed by atoms with Crippen LogP contribution in [0.4, 0.5) is 5.69 Å². The monoisotopic (exact) mass is 519 g/mol. The average Bonchev–Trinajstić information content (AvgIpc) is 3.34. The number of carbonyl (C=O) groups is 3. The number of ketones is 3. The number of hydrogen-bond acceptors (Lipinski definition) is 5. The third kappa shape index (κ3) is 3.42. The first-order valence-electron chi connectivity index (χ1n) is 13.6. The molecule has 1 saturated heterocycles. The second-order valence-electron chi connectivity index (χ2n) is 11.9. The molecule has 0 unspecified atom stereocenters. The number of hydrogen-bond donors (Lipinski definition) is 0. The molecule has 2 heterocycles. The van der Waals surface area contributed by atoms with Crippen LogP contribution in [0.15, 0.2) is 72.8 Å². The molecule has 1 fully saturated rings. The zero-order chi connectivity index (χ0) is 27.7. The molecule has 5 nitrogen and oxygen atoms in total. The summed E-state index contributed by atoms with van der Waals surface area (Å²) in [6, 6.07) is 19.4. The Morgan fingerprint density at radius 3 is 2.23 bits per heavy atom. The Hall–Kier alpha value is -3.99. The van der Waals surface area contributed by atoms with Gasteiger partial charge in [0.25, 0.3) is 0 Å². The number of aryl methyl sites for hydroxylation is 1. The fourth-order valence-electron chi connectivity index (χ4n) is 6.91. The van der Waals surface area contributed by atoms with Crippen molar-refractivity contribution in [2.24, 2.45) is 10.8 Å². The second-order valence-corrected chi connectivity index (χ2v) is 11.9. The minimum atomic E-state index is -1.51. The van der Waals surface area contributed by atoms with Gasteiger partial charge in [-0.05, 0) is 37.6 Å². The Bertz CT molecular complexity index is 1520. The van der Waals surface area contributed by atoms with Crippen molar-refractivity contribution in [3.8, 4) is 5.75 Å². The third-order valence-corrected chi connectivity index (χ3v) is 8.52. The molecule has 0 N–H and O–H groups in total. The Morgan fingerprint density at radius 1 is 0.949 bits per heavy atom. The van der Waals surface area contributed by atoms with Gasteiger partial charge in [-0.25, -0.2) is 0 Å². The number of benzene rings is 3. The molecule has 0 amide bonds. The fraction of sp³-hybridized carbons (Fsp3) is 0.324. The van der Waals surface area contributed by atoms with Gasteiger partial charge in [0.05, 0.1) is 18.7 Å². The van der Waals surface area contributed by atoms with Crippen molar-refractivity contribution in [2.75, 3.05) is 11.5 Å². The van der Waals surface area contributed by atoms with Crippen LogP contribution in [0.5, 0.6) is 5.75 Å². The lowest BCUT2D eigenvalue weighted by molar-refractivity contribution is -0.127. The summed E-state index contributed by atoms with van der Waals surface area (Å²) < 4.78 is 6.08. The smallest absolute Gasteiger partial charge is 0.180 e. The molecule has 0 bridgehead atoms. The maximum absolute atomic E-state index is 14.7. The van der Waals surface area contributed by atoms with Gasteiger partial charge in [0.15, 0.2) is 17.3 Å². The second kappa shape index (κ2) is 8.77. The summed E-state index contributed by atoms with van der Waals surface area (Å²) in [6.07, 6.45) is 3.97. The van der Waals surface area contributed by atoms with E-state index in [-0.39, 0.29) is 17.3 Å². The number of ether oxygens (including phenoxy) is 1. The first-order chi connectivity index (χ1) is 18.6. The summed E-state index contributed by atoms with van der Waals surface area (Å²) in [4.78, 5) is 46.0. The summed E-state index contributed by atoms with van der Waals surface area (Å²) in [5.74, 6) is -0.612. The molecule has 5 heteroatoms. The number of fused-ring (bicyclic) bond motifs is 5. The van der Waals surface area contributed by atoms with Gasteiger partial charge in [0.1, 0.15) is 11.2 Å². The summed E-state index contributed by atoms with van der Waals surface area (Å²) >= 11 is 0. The molecule has 39 heavy (non-hydrogen) atoms. The van der Waals surface area contributed by atoms with E-state index in [1.54, 1.807) is 24.3 Å². The van der Waals surface area contributed by atoms with Gasteiger partial charge in [0.2, 0.25) is 0 Å². The van der Waals surface area contributed by atoms with Crippen LogP contribution >= 0.6 is 0 Å². The third-order valence-electron chi connectivity index (χ3n) is 8.52. The molecule has 0 aromatic heterocycles. The molecule has 3 aromatic carbocycles. The molecule has 1 aliphatic carbocycles. The van der Waals surface area contributed by atoms with E-state index in [0.717, 1.165) is 16.8 Å². The van der Waals surface area contributed by atoms with Crippen molar-refractivity contribution in [3.63, 3.8) is 0 Å². The SMILES string of the molecule is CCOc1ccccc1[C@H]1[C@H](C(=O)C(C)(C)C)N2c3ccc(C)cc3C=C[C@H]2C12C(=O)c1ccccc1C2=O. The number of anilines is 1. The predicted molar refractivity (Wildman–Crippen MR) is 153 cm³/mol. The van der Waals surface area contributed by atoms with Crippen molar-refractivity contribution in [3.05, 3.63) is 101 Å². The van der Waals surface area contributed by atoms with E-state index in [4.69, 9.17) is 4.74 Å². The lowest BCUT2D eigenvalue weighted by atomic mass is 9.63. The predicted octanol–water partition coefficient (Wildman–Crippen LogP) is 6.44. The summed E-state index contributed by atoms with van der Waals surface area (Å²) in [5.41, 5.74) is 2.27. The molecular weight excluding hydrogens is 486 g/mol. The van der Waals surface area contributed by atoms with Gasteiger partial charge in [-0.2, -0.15) is 0 Å². The molecule has 0 saturated carbocycles. The summed E-state index contributed by atoms with van der Waals surface area (Å²) in [5, 5.41) is 0. The number of nitrogens with zero attached hydrogens (tertiary/aromatic N) is 1. The van der Waals surface area contributed by atoms with Crippen molar-refractivity contribution < 1.29 is 19.1 Å². The van der Waals surface area contributed by atoms with Crippen molar-refractivity contribution in [1.82, 2.24) is 0 Å². The topological polar surface area (TPSA) is 63.7 Å². The van der Waals surface area contributed by atoms with E-state index in [9.17, 15) is 14.4 Å². The summed E-state index contributed by atoms with van der Waals surface area (Å²) in [6.45, 7) is 10.1. The zero-order valence-electron chi connectivity index (χ0n) is 23.0. The lowest BCUT2D eigenvalue weighted by Gasteiger charge is -2.38. The van der Waals surface area contributed by atoms with Crippen LogP contribution in [0.1, 0.15) is 71.0 Å². The number of Topliss-reactive ketones (excluding diaryl/α,β-unsaturated/α-hetero) is 3. The van der Waals surface area contributed by atoms with Gasteiger partial charge in [-0.3, -0.25) is 14.4 Å². The highest BCUT2D eigenvalue weighted by Gasteiger charge is 2.72. The lowest BCUT2D eigenvalue weighted by Crippen LogP contribution is -2.49. The van der Waals surface area contributed by atoms with Crippen LogP contribution in [0, 0.1) is 17.8 Å². The number of para-hydroxylation sites is 1. The highest BCUT2D eigenvalue weighted by atomic mass is 16.5. The highest BCUT2D eigenvalue weighted by Crippen LogP contribution is 2.62. The zero-order valence-corrected chi connectivity index (χ0v) is 23.0. The van der Waals surface area contributed by atoms with E-state index < -0.39 is 28.8 Å². The van der Waals surface area contributed by atoms with Crippen LogP contribution in [0.25, 0.3) is 6.08 Å². The molecule has 3 aliphatic rings. The molecule has 2 aliphatic heterocycles. The van der Waals surface area contributed by atoms with Crippen LogP contribution in [-0.4, -0.2) is 36.0 Å². The number of rotatable bonds is 4. The van der Waals surface area contributed by atoms with Gasteiger partial charge in [-0.15, -0.1) is 0 Å². The van der Waals surface area contributed by atoms with Crippen molar-refractivity contribution >= 4 is 29.1 Å². The Kier molecular flexibility index (Phi) is 5.69. The Morgan fingerprint density at radius 2 is 1.59 bits per heavy atom. The summed E-state index contributed by atoms with van der Waals surface area (Å²) in [7, 11) is 0. The fourth-order valence-corrected chi connectivity index (χ4v) is 6.91. The largest absolute Gasteiger partial charge is 0.494 e. The van der Waals surface area contributed by atoms with Gasteiger partial charge in [0, 0.05) is 33.7 Å². The standard InChI is InChI=1S/C34H33NO4/c1-6-39-26-14-10-9-13-24(26)28-29(32(38)33(3,4)5)35-25-17-15-20(2)19-21(25)16-18-27(35)34(28)30(36)22-11-7-8-12-23(22)31(34)37/h7-19,27-29H,6H2,1-5H3/t27-,28-,29+/m0/s1. The van der Waals surface area contributed by atoms with E-state index in [2.05, 4.69) is 11.0 Å². The van der Waals surface area contributed by atoms with Crippen molar-refractivity contribution in [2.45, 2.75) is 52.6 Å². The van der Waals surface area contributed by atoms with Crippen LogP contribution in [-0.2, 0) is 4.79 Å². The minimum absolute atomic E-state index is 0.0148. The first-order valence-corrected chi connectivity index (χ1v) is 13.6. The normalized spacial score (nSPS) is 22.6. The minimum Gasteiger partial charge on any atom is -0.494 e. The molecule has 6 rings (SSSR count). The van der Waals surface area contributed by atoms with Crippen LogP contribution in [0.2, 0.25) is 0 Å². The number of carbonyl (C=O) groups excluding carboxylic acids is 3. The Labute approximate surface area is 229 Å². The molecule has 3 atom stereocenters. The highest BCUT2D eigenvalue weighted by molar-refractivity contribution is 6.32. The molecule has 198 valence electrons. The maximum atomic E-state index is 14.7. The average molecular weight is 520 g/mol. The van der Waals surface area contributed by atoms with E-state index in [1.165, 1.54) is 0 Å². The van der Waals surface area contributed by atoms with Crippen LogP contribution in [0.3, 0.4) is 0 Å².